The topological polar surface area (TPSA) is 93.2 Å². The highest BCUT2D eigenvalue weighted by Crippen LogP contribution is 2.30. The van der Waals surface area contributed by atoms with Crippen molar-refractivity contribution in [1.82, 2.24) is 20.3 Å². The van der Waals surface area contributed by atoms with Crippen LogP contribution in [-0.2, 0) is 9.47 Å². The molecule has 4 rings (SSSR count). The summed E-state index contributed by atoms with van der Waals surface area (Å²) < 4.78 is 10.6. The molecule has 2 aliphatic rings. The zero-order chi connectivity index (χ0) is 22.9. The van der Waals surface area contributed by atoms with E-state index in [1.165, 1.54) is 0 Å². The molecule has 0 bridgehead atoms. The van der Waals surface area contributed by atoms with Gasteiger partial charge in [-0.2, -0.15) is 0 Å². The molecule has 33 heavy (non-hydrogen) atoms. The van der Waals surface area contributed by atoms with Crippen molar-refractivity contribution in [3.05, 3.63) is 29.7 Å². The van der Waals surface area contributed by atoms with Crippen LogP contribution in [-0.4, -0.2) is 67.1 Å². The van der Waals surface area contributed by atoms with Crippen LogP contribution in [0, 0.1) is 5.92 Å². The molecule has 0 amide bonds. The number of pyridine rings is 1. The number of aromatic nitrogens is 3. The van der Waals surface area contributed by atoms with Gasteiger partial charge < -0.3 is 25.4 Å². The highest BCUT2D eigenvalue weighted by molar-refractivity contribution is 6.33. The van der Waals surface area contributed by atoms with Gasteiger partial charge >= 0.3 is 0 Å². The van der Waals surface area contributed by atoms with Gasteiger partial charge in [-0.3, -0.25) is 4.98 Å². The zero-order valence-electron chi connectivity index (χ0n) is 19.4. The minimum absolute atomic E-state index is 0.408. The van der Waals surface area contributed by atoms with Gasteiger partial charge in [-0.1, -0.05) is 11.6 Å². The normalized spacial score (nSPS) is 21.6. The number of hydrogen-bond acceptors (Lipinski definition) is 8. The zero-order valence-corrected chi connectivity index (χ0v) is 20.1. The summed E-state index contributed by atoms with van der Waals surface area (Å²) in [6, 6.07) is 2.96. The third-order valence-electron chi connectivity index (χ3n) is 6.50. The minimum Gasteiger partial charge on any atom is -0.383 e. The lowest BCUT2D eigenvalue weighted by atomic mass is 9.91. The lowest BCUT2D eigenvalue weighted by molar-refractivity contribution is 0.0699. The lowest BCUT2D eigenvalue weighted by Gasteiger charge is -2.30. The SMILES string of the molecule is COCCN[C@H]1CC[C@H](Nc2cc(-c3cncc(NCC4CCOCC4)n3)c(Cl)cn2)CC1. The van der Waals surface area contributed by atoms with Crippen LogP contribution in [0.4, 0.5) is 11.6 Å². The minimum atomic E-state index is 0.408. The second kappa shape index (κ2) is 12.5. The summed E-state index contributed by atoms with van der Waals surface area (Å²) >= 11 is 6.49. The predicted molar refractivity (Wildman–Crippen MR) is 132 cm³/mol. The van der Waals surface area contributed by atoms with Crippen molar-refractivity contribution >= 4 is 23.2 Å². The van der Waals surface area contributed by atoms with Crippen LogP contribution < -0.4 is 16.0 Å². The number of hydrogen-bond donors (Lipinski definition) is 3. The Hall–Kier alpha value is -2.00. The van der Waals surface area contributed by atoms with E-state index in [1.54, 1.807) is 25.7 Å². The number of ether oxygens (including phenoxy) is 2. The van der Waals surface area contributed by atoms with Crippen LogP contribution in [0.25, 0.3) is 11.3 Å². The summed E-state index contributed by atoms with van der Waals surface area (Å²) in [6.07, 6.45) is 11.9. The summed E-state index contributed by atoms with van der Waals surface area (Å²) in [7, 11) is 1.74. The molecule has 3 heterocycles. The first-order chi connectivity index (χ1) is 16.2. The van der Waals surface area contributed by atoms with Crippen molar-refractivity contribution in [1.29, 1.82) is 0 Å². The molecule has 0 atom stereocenters. The van der Waals surface area contributed by atoms with Crippen LogP contribution in [0.3, 0.4) is 0 Å². The van der Waals surface area contributed by atoms with E-state index < -0.39 is 0 Å². The highest BCUT2D eigenvalue weighted by atomic mass is 35.5. The average molecular weight is 475 g/mol. The summed E-state index contributed by atoms with van der Waals surface area (Å²) in [4.78, 5) is 13.7. The fourth-order valence-electron chi connectivity index (χ4n) is 4.51. The number of halogens is 1. The largest absolute Gasteiger partial charge is 0.383 e. The van der Waals surface area contributed by atoms with Crippen molar-refractivity contribution < 1.29 is 9.47 Å². The van der Waals surface area contributed by atoms with Crippen LogP contribution in [0.15, 0.2) is 24.7 Å². The molecule has 0 aromatic carbocycles. The van der Waals surface area contributed by atoms with Crippen LogP contribution in [0.5, 0.6) is 0 Å². The van der Waals surface area contributed by atoms with Crippen molar-refractivity contribution in [2.75, 3.05) is 50.7 Å². The van der Waals surface area contributed by atoms with E-state index >= 15 is 0 Å². The molecular weight excluding hydrogens is 440 g/mol. The van der Waals surface area contributed by atoms with Crippen molar-refractivity contribution in [2.45, 2.75) is 50.6 Å². The van der Waals surface area contributed by atoms with Gasteiger partial charge in [0, 0.05) is 57.3 Å². The molecule has 9 heteroatoms. The maximum Gasteiger partial charge on any atom is 0.145 e. The van der Waals surface area contributed by atoms with E-state index in [0.717, 1.165) is 94.3 Å². The van der Waals surface area contributed by atoms with Crippen molar-refractivity contribution in [3.63, 3.8) is 0 Å². The van der Waals surface area contributed by atoms with E-state index in [2.05, 4.69) is 25.9 Å². The van der Waals surface area contributed by atoms with E-state index in [4.69, 9.17) is 26.1 Å². The molecule has 0 radical (unpaired) electrons. The molecule has 8 nitrogen and oxygen atoms in total. The molecular formula is C24H35ClN6O2. The Morgan fingerprint density at radius 3 is 2.61 bits per heavy atom. The standard InChI is InChI=1S/C24H35ClN6O2/c1-32-11-8-27-18-2-4-19(5-3-18)30-23-12-20(21(25)14-29-23)22-15-26-16-24(31-22)28-13-17-6-9-33-10-7-17/h12,14-19,27H,2-11,13H2,1H3,(H,28,31)(H,29,30)/t18-,19-. The van der Waals surface area contributed by atoms with Crippen LogP contribution in [0.1, 0.15) is 38.5 Å². The molecule has 2 aromatic rings. The van der Waals surface area contributed by atoms with E-state index in [9.17, 15) is 0 Å². The average Bonchev–Trinajstić information content (AvgIpc) is 2.86. The van der Waals surface area contributed by atoms with Gasteiger partial charge in [0.15, 0.2) is 0 Å². The van der Waals surface area contributed by atoms with Gasteiger partial charge in [-0.15, -0.1) is 0 Å². The van der Waals surface area contributed by atoms with Gasteiger partial charge in [-0.05, 0) is 50.5 Å². The number of anilines is 2. The Kier molecular flexibility index (Phi) is 9.11. The van der Waals surface area contributed by atoms with Crippen molar-refractivity contribution in [3.8, 4) is 11.3 Å². The van der Waals surface area contributed by atoms with E-state index in [-0.39, 0.29) is 0 Å². The predicted octanol–water partition coefficient (Wildman–Crippen LogP) is 3.99. The second-order valence-electron chi connectivity index (χ2n) is 8.92. The molecule has 1 aliphatic carbocycles. The van der Waals surface area contributed by atoms with E-state index in [1.807, 2.05) is 6.07 Å². The van der Waals surface area contributed by atoms with Gasteiger partial charge in [0.05, 0.1) is 29.7 Å². The van der Waals surface area contributed by atoms with Crippen LogP contribution >= 0.6 is 11.6 Å². The van der Waals surface area contributed by atoms with Gasteiger partial charge in [-0.25, -0.2) is 9.97 Å². The molecule has 1 saturated heterocycles. The van der Waals surface area contributed by atoms with Crippen molar-refractivity contribution in [2.24, 2.45) is 5.92 Å². The summed E-state index contributed by atoms with van der Waals surface area (Å²) in [6.45, 7) is 4.22. The third-order valence-corrected chi connectivity index (χ3v) is 6.80. The lowest BCUT2D eigenvalue weighted by Crippen LogP contribution is -2.38. The fraction of sp³-hybridized carbons (Fsp3) is 0.625. The molecule has 0 spiro atoms. The second-order valence-corrected chi connectivity index (χ2v) is 9.32. The first kappa shape index (κ1) is 24.1. The quantitative estimate of drug-likeness (QED) is 0.445. The molecule has 3 N–H and O–H groups in total. The summed E-state index contributed by atoms with van der Waals surface area (Å²) in [5.74, 6) is 2.20. The molecule has 0 unspecified atom stereocenters. The molecule has 2 fully saturated rings. The maximum absolute atomic E-state index is 6.49. The number of nitrogens with one attached hydrogen (secondary N) is 3. The molecule has 2 aromatic heterocycles. The number of nitrogens with zero attached hydrogens (tertiary/aromatic N) is 3. The van der Waals surface area contributed by atoms with E-state index in [0.29, 0.717) is 23.0 Å². The molecule has 180 valence electrons. The number of rotatable bonds is 10. The van der Waals surface area contributed by atoms with Gasteiger partial charge in [0.2, 0.25) is 0 Å². The fourth-order valence-corrected chi connectivity index (χ4v) is 4.71. The smallest absolute Gasteiger partial charge is 0.145 e. The van der Waals surface area contributed by atoms with Gasteiger partial charge in [0.25, 0.3) is 0 Å². The maximum atomic E-state index is 6.49. The Labute approximate surface area is 201 Å². The Balaban J connectivity index is 1.34. The summed E-state index contributed by atoms with van der Waals surface area (Å²) in [5.41, 5.74) is 1.58. The highest BCUT2D eigenvalue weighted by Gasteiger charge is 2.21. The molecule has 1 aliphatic heterocycles. The third kappa shape index (κ3) is 7.24. The monoisotopic (exact) mass is 474 g/mol. The number of methoxy groups -OCH3 is 1. The Morgan fingerprint density at radius 1 is 1.03 bits per heavy atom. The molecule has 1 saturated carbocycles. The van der Waals surface area contributed by atoms with Crippen LogP contribution in [0.2, 0.25) is 5.02 Å². The van der Waals surface area contributed by atoms with Gasteiger partial charge in [0.1, 0.15) is 11.6 Å². The Morgan fingerprint density at radius 2 is 1.82 bits per heavy atom. The first-order valence-corrected chi connectivity index (χ1v) is 12.4. The summed E-state index contributed by atoms with van der Waals surface area (Å²) in [5, 5.41) is 11.2. The first-order valence-electron chi connectivity index (χ1n) is 12.0. The Bertz CT molecular complexity index is 872.